The summed E-state index contributed by atoms with van der Waals surface area (Å²) in [6, 6.07) is 2.01. The van der Waals surface area contributed by atoms with Crippen LogP contribution < -0.4 is 0 Å². The molecule has 4 nitrogen and oxygen atoms in total. The van der Waals surface area contributed by atoms with Gasteiger partial charge in [-0.05, 0) is 45.4 Å². The molecule has 1 aromatic carbocycles. The summed E-state index contributed by atoms with van der Waals surface area (Å²) >= 11 is 0. The van der Waals surface area contributed by atoms with Gasteiger partial charge in [0.1, 0.15) is 22.9 Å². The molecule has 1 N–H and O–H groups in total. The molecule has 0 atom stereocenters. The van der Waals surface area contributed by atoms with Gasteiger partial charge in [0, 0.05) is 11.8 Å². The van der Waals surface area contributed by atoms with Crippen LogP contribution in [-0.2, 0) is 5.54 Å². The molecule has 0 amide bonds. The first-order valence-electron chi connectivity index (χ1n) is 6.40. The molecular formula is C15H16F2N2O2. The van der Waals surface area contributed by atoms with Crippen molar-refractivity contribution in [1.29, 1.82) is 0 Å². The van der Waals surface area contributed by atoms with E-state index < -0.39 is 23.1 Å². The molecular weight excluding hydrogens is 278 g/mol. The molecule has 0 bridgehead atoms. The standard InChI is InChI=1S/C15H16F2N2O2/c1-8-5-12(17)9(6-11(8)16)13-10(14(20)21)7-19(18-13)15(2,3)4/h5-7H,1-4H3,(H,20,21). The lowest BCUT2D eigenvalue weighted by Crippen LogP contribution is -2.22. The van der Waals surface area contributed by atoms with Crippen molar-refractivity contribution in [3.05, 3.63) is 41.1 Å². The van der Waals surface area contributed by atoms with E-state index in [1.807, 2.05) is 20.8 Å². The van der Waals surface area contributed by atoms with Crippen LogP contribution >= 0.6 is 0 Å². The zero-order valence-electron chi connectivity index (χ0n) is 12.2. The number of carboxylic acid groups (broad SMARTS) is 1. The number of aryl methyl sites for hydroxylation is 1. The summed E-state index contributed by atoms with van der Waals surface area (Å²) in [5.41, 5.74) is -0.704. The third-order valence-electron chi connectivity index (χ3n) is 3.14. The van der Waals surface area contributed by atoms with Gasteiger partial charge in [-0.3, -0.25) is 4.68 Å². The molecule has 0 spiro atoms. The summed E-state index contributed by atoms with van der Waals surface area (Å²) in [7, 11) is 0. The van der Waals surface area contributed by atoms with Crippen LogP contribution in [0.15, 0.2) is 18.3 Å². The molecule has 21 heavy (non-hydrogen) atoms. The molecule has 0 radical (unpaired) electrons. The zero-order valence-corrected chi connectivity index (χ0v) is 12.2. The Morgan fingerprint density at radius 2 is 1.86 bits per heavy atom. The largest absolute Gasteiger partial charge is 0.478 e. The smallest absolute Gasteiger partial charge is 0.339 e. The number of nitrogens with zero attached hydrogens (tertiary/aromatic N) is 2. The van der Waals surface area contributed by atoms with Crippen LogP contribution in [0.3, 0.4) is 0 Å². The van der Waals surface area contributed by atoms with Crippen LogP contribution in [0, 0.1) is 18.6 Å². The second-order valence-electron chi connectivity index (χ2n) is 5.89. The maximum atomic E-state index is 14.1. The second-order valence-corrected chi connectivity index (χ2v) is 5.89. The molecule has 0 aliphatic heterocycles. The Bertz CT molecular complexity index is 715. The van der Waals surface area contributed by atoms with Crippen molar-refractivity contribution < 1.29 is 18.7 Å². The predicted molar refractivity (Wildman–Crippen MR) is 74.3 cm³/mol. The summed E-state index contributed by atoms with van der Waals surface area (Å²) in [5, 5.41) is 13.4. The minimum atomic E-state index is -1.24. The fraction of sp³-hybridized carbons (Fsp3) is 0.333. The quantitative estimate of drug-likeness (QED) is 0.921. The highest BCUT2D eigenvalue weighted by Crippen LogP contribution is 2.29. The fourth-order valence-corrected chi connectivity index (χ4v) is 1.90. The van der Waals surface area contributed by atoms with E-state index in [4.69, 9.17) is 0 Å². The molecule has 1 heterocycles. The average molecular weight is 294 g/mol. The third kappa shape index (κ3) is 2.79. The number of rotatable bonds is 2. The average Bonchev–Trinajstić information content (AvgIpc) is 2.78. The molecule has 2 aromatic rings. The molecule has 6 heteroatoms. The van der Waals surface area contributed by atoms with Gasteiger partial charge in [-0.2, -0.15) is 5.10 Å². The van der Waals surface area contributed by atoms with E-state index in [1.165, 1.54) is 17.8 Å². The molecule has 0 unspecified atom stereocenters. The maximum Gasteiger partial charge on any atom is 0.339 e. The van der Waals surface area contributed by atoms with Gasteiger partial charge in [-0.25, -0.2) is 13.6 Å². The second kappa shape index (κ2) is 4.95. The van der Waals surface area contributed by atoms with Crippen LogP contribution in [0.5, 0.6) is 0 Å². The molecule has 0 saturated heterocycles. The molecule has 0 fully saturated rings. The van der Waals surface area contributed by atoms with E-state index in [1.54, 1.807) is 0 Å². The van der Waals surface area contributed by atoms with Crippen molar-refractivity contribution in [2.24, 2.45) is 0 Å². The van der Waals surface area contributed by atoms with Crippen molar-refractivity contribution in [2.45, 2.75) is 33.2 Å². The van der Waals surface area contributed by atoms with Crippen LogP contribution in [0.25, 0.3) is 11.3 Å². The van der Waals surface area contributed by atoms with Crippen molar-refractivity contribution in [3.8, 4) is 11.3 Å². The van der Waals surface area contributed by atoms with Gasteiger partial charge < -0.3 is 5.11 Å². The number of hydrogen-bond donors (Lipinski definition) is 1. The van der Waals surface area contributed by atoms with Crippen LogP contribution in [0.1, 0.15) is 36.7 Å². The van der Waals surface area contributed by atoms with Crippen LogP contribution in [0.4, 0.5) is 8.78 Å². The zero-order chi connectivity index (χ0) is 15.9. The Balaban J connectivity index is 2.71. The summed E-state index contributed by atoms with van der Waals surface area (Å²) in [4.78, 5) is 11.3. The number of aromatic nitrogens is 2. The maximum absolute atomic E-state index is 14.1. The third-order valence-corrected chi connectivity index (χ3v) is 3.14. The summed E-state index contributed by atoms with van der Waals surface area (Å²) in [6.45, 7) is 6.94. The first kappa shape index (κ1) is 15.2. The lowest BCUT2D eigenvalue weighted by molar-refractivity contribution is 0.0697. The summed E-state index contributed by atoms with van der Waals surface area (Å²) < 4.78 is 29.2. The van der Waals surface area contributed by atoms with E-state index in [2.05, 4.69) is 5.10 Å². The highest BCUT2D eigenvalue weighted by Gasteiger charge is 2.24. The van der Waals surface area contributed by atoms with Gasteiger partial charge >= 0.3 is 5.97 Å². The van der Waals surface area contributed by atoms with Crippen LogP contribution in [-0.4, -0.2) is 20.9 Å². The van der Waals surface area contributed by atoms with Crippen molar-refractivity contribution in [1.82, 2.24) is 9.78 Å². The van der Waals surface area contributed by atoms with Crippen molar-refractivity contribution >= 4 is 5.97 Å². The Labute approximate surface area is 121 Å². The Hall–Kier alpha value is -2.24. The number of aromatic carboxylic acids is 1. The number of carbonyl (C=O) groups is 1. The highest BCUT2D eigenvalue weighted by atomic mass is 19.1. The molecule has 2 rings (SSSR count). The number of hydrogen-bond acceptors (Lipinski definition) is 2. The van der Waals surface area contributed by atoms with Gasteiger partial charge in [0.15, 0.2) is 0 Å². The normalized spacial score (nSPS) is 11.7. The van der Waals surface area contributed by atoms with E-state index in [9.17, 15) is 18.7 Å². The van der Waals surface area contributed by atoms with Gasteiger partial charge in [-0.1, -0.05) is 0 Å². The highest BCUT2D eigenvalue weighted by molar-refractivity contribution is 5.94. The molecule has 112 valence electrons. The molecule has 1 aromatic heterocycles. The predicted octanol–water partition coefficient (Wildman–Crippen LogP) is 3.59. The lowest BCUT2D eigenvalue weighted by atomic mass is 10.1. The van der Waals surface area contributed by atoms with E-state index >= 15 is 0 Å². The van der Waals surface area contributed by atoms with Gasteiger partial charge in [0.2, 0.25) is 0 Å². The van der Waals surface area contributed by atoms with Gasteiger partial charge in [-0.15, -0.1) is 0 Å². The summed E-state index contributed by atoms with van der Waals surface area (Å²) in [6.07, 6.45) is 1.33. The fourth-order valence-electron chi connectivity index (χ4n) is 1.90. The van der Waals surface area contributed by atoms with Crippen LogP contribution in [0.2, 0.25) is 0 Å². The summed E-state index contributed by atoms with van der Waals surface area (Å²) in [5.74, 6) is -2.54. The van der Waals surface area contributed by atoms with E-state index in [0.29, 0.717) is 0 Å². The molecule has 0 saturated carbocycles. The first-order valence-corrected chi connectivity index (χ1v) is 6.40. The number of carboxylic acids is 1. The first-order chi connectivity index (χ1) is 9.61. The number of halogens is 2. The van der Waals surface area contributed by atoms with Gasteiger partial charge in [0.25, 0.3) is 0 Å². The van der Waals surface area contributed by atoms with Crippen molar-refractivity contribution in [3.63, 3.8) is 0 Å². The SMILES string of the molecule is Cc1cc(F)c(-c2nn(C(C)(C)C)cc2C(=O)O)cc1F. The number of benzene rings is 1. The van der Waals surface area contributed by atoms with Gasteiger partial charge in [0.05, 0.1) is 5.54 Å². The lowest BCUT2D eigenvalue weighted by Gasteiger charge is -2.18. The topological polar surface area (TPSA) is 55.1 Å². The van der Waals surface area contributed by atoms with E-state index in [-0.39, 0.29) is 22.4 Å². The Kier molecular flexibility index (Phi) is 3.57. The molecule has 0 aliphatic carbocycles. The monoisotopic (exact) mass is 294 g/mol. The Morgan fingerprint density at radius 3 is 2.38 bits per heavy atom. The molecule has 0 aliphatic rings. The minimum absolute atomic E-state index is 0.0752. The van der Waals surface area contributed by atoms with E-state index in [0.717, 1.165) is 12.1 Å². The Morgan fingerprint density at radius 1 is 1.24 bits per heavy atom. The van der Waals surface area contributed by atoms with Crippen molar-refractivity contribution in [2.75, 3.05) is 0 Å². The minimum Gasteiger partial charge on any atom is -0.478 e.